The van der Waals surface area contributed by atoms with E-state index in [1.807, 2.05) is 34.8 Å². The zero-order valence-electron chi connectivity index (χ0n) is 16.7. The number of rotatable bonds is 4. The number of fused-ring (bicyclic) bond motifs is 1. The minimum absolute atomic E-state index is 0.0322. The van der Waals surface area contributed by atoms with E-state index in [1.165, 1.54) is 4.68 Å². The summed E-state index contributed by atoms with van der Waals surface area (Å²) in [6.07, 6.45) is 7.13. The van der Waals surface area contributed by atoms with Gasteiger partial charge in [-0.15, -0.1) is 10.2 Å². The third kappa shape index (κ3) is 3.48. The fourth-order valence-electron chi connectivity index (χ4n) is 3.99. The molecule has 0 amide bonds. The Morgan fingerprint density at radius 1 is 1.07 bits per heavy atom. The molecule has 0 spiro atoms. The molecule has 30 heavy (non-hydrogen) atoms. The van der Waals surface area contributed by atoms with Crippen LogP contribution >= 0.6 is 0 Å². The van der Waals surface area contributed by atoms with E-state index >= 15 is 0 Å². The molecular weight excluding hydrogens is 380 g/mol. The molecule has 9 heteroatoms. The Morgan fingerprint density at radius 2 is 1.93 bits per heavy atom. The van der Waals surface area contributed by atoms with E-state index in [0.717, 1.165) is 54.2 Å². The summed E-state index contributed by atoms with van der Waals surface area (Å²) in [7, 11) is 1.68. The van der Waals surface area contributed by atoms with Crippen molar-refractivity contribution in [1.82, 2.24) is 39.5 Å². The Hall–Kier alpha value is -3.46. The fourth-order valence-corrected chi connectivity index (χ4v) is 3.99. The molecule has 5 heterocycles. The van der Waals surface area contributed by atoms with Crippen LogP contribution in [-0.2, 0) is 13.6 Å². The molecule has 0 N–H and O–H groups in total. The van der Waals surface area contributed by atoms with Crippen molar-refractivity contribution in [3.05, 3.63) is 70.7 Å². The molecule has 5 rings (SSSR count). The lowest BCUT2D eigenvalue weighted by Crippen LogP contribution is -2.35. The molecule has 0 aliphatic carbocycles. The summed E-state index contributed by atoms with van der Waals surface area (Å²) in [6, 6.07) is 9.60. The molecule has 1 saturated heterocycles. The summed E-state index contributed by atoms with van der Waals surface area (Å²) in [4.78, 5) is 18.7. The van der Waals surface area contributed by atoms with E-state index in [0.29, 0.717) is 6.54 Å². The fraction of sp³-hybridized carbons (Fsp3) is 0.333. The van der Waals surface area contributed by atoms with Gasteiger partial charge in [0, 0.05) is 49.2 Å². The van der Waals surface area contributed by atoms with Crippen molar-refractivity contribution in [3.63, 3.8) is 0 Å². The van der Waals surface area contributed by atoms with Crippen molar-refractivity contribution in [3.8, 4) is 11.3 Å². The van der Waals surface area contributed by atoms with Gasteiger partial charge in [-0.05, 0) is 56.3 Å². The van der Waals surface area contributed by atoms with Crippen molar-refractivity contribution in [2.24, 2.45) is 7.05 Å². The molecule has 9 nitrogen and oxygen atoms in total. The quantitative estimate of drug-likeness (QED) is 0.512. The largest absolute Gasteiger partial charge is 0.299 e. The monoisotopic (exact) mass is 402 g/mol. The minimum atomic E-state index is -0.0322. The summed E-state index contributed by atoms with van der Waals surface area (Å²) in [5, 5.41) is 17.5. The molecule has 0 aromatic carbocycles. The minimum Gasteiger partial charge on any atom is -0.299 e. The van der Waals surface area contributed by atoms with Gasteiger partial charge in [-0.2, -0.15) is 14.7 Å². The molecule has 0 unspecified atom stereocenters. The summed E-state index contributed by atoms with van der Waals surface area (Å²) in [5.41, 5.74) is 3.31. The predicted molar refractivity (Wildman–Crippen MR) is 111 cm³/mol. The van der Waals surface area contributed by atoms with Crippen molar-refractivity contribution in [2.45, 2.75) is 25.3 Å². The van der Waals surface area contributed by atoms with Gasteiger partial charge in [-0.25, -0.2) is 4.68 Å². The van der Waals surface area contributed by atoms with Crippen LogP contribution in [0.5, 0.6) is 0 Å². The molecule has 1 aliphatic rings. The summed E-state index contributed by atoms with van der Waals surface area (Å²) in [5.74, 6) is 1.18. The Bertz CT molecular complexity index is 1220. The zero-order chi connectivity index (χ0) is 20.5. The number of hydrogen-bond donors (Lipinski definition) is 0. The SMILES string of the molecule is Cn1nccc(CN2CCC(c3nnc4ccc(-c5cccnc5)nn34)CC2)c1=O. The van der Waals surface area contributed by atoms with Crippen LogP contribution in [0.25, 0.3) is 16.9 Å². The molecule has 152 valence electrons. The van der Waals surface area contributed by atoms with Crippen molar-refractivity contribution < 1.29 is 0 Å². The maximum absolute atomic E-state index is 12.2. The second-order valence-corrected chi connectivity index (χ2v) is 7.62. The lowest BCUT2D eigenvalue weighted by molar-refractivity contribution is 0.199. The highest BCUT2D eigenvalue weighted by atomic mass is 16.1. The number of pyridine rings is 1. The van der Waals surface area contributed by atoms with Gasteiger partial charge in [0.25, 0.3) is 5.56 Å². The first-order chi connectivity index (χ1) is 14.7. The van der Waals surface area contributed by atoms with Gasteiger partial charge in [0.05, 0.1) is 5.69 Å². The van der Waals surface area contributed by atoms with Gasteiger partial charge < -0.3 is 0 Å². The average Bonchev–Trinajstić information content (AvgIpc) is 3.21. The van der Waals surface area contributed by atoms with E-state index in [4.69, 9.17) is 5.10 Å². The number of aryl methyl sites for hydroxylation is 1. The van der Waals surface area contributed by atoms with Gasteiger partial charge in [0.2, 0.25) is 0 Å². The first-order valence-electron chi connectivity index (χ1n) is 10.1. The van der Waals surface area contributed by atoms with E-state index in [1.54, 1.807) is 25.6 Å². The van der Waals surface area contributed by atoms with Gasteiger partial charge in [-0.3, -0.25) is 14.7 Å². The van der Waals surface area contributed by atoms with Crippen molar-refractivity contribution >= 4 is 5.65 Å². The topological polar surface area (TPSA) is 94.1 Å². The molecule has 0 atom stereocenters. The Morgan fingerprint density at radius 3 is 2.73 bits per heavy atom. The second-order valence-electron chi connectivity index (χ2n) is 7.62. The third-order valence-corrected chi connectivity index (χ3v) is 5.68. The molecule has 0 radical (unpaired) electrons. The second kappa shape index (κ2) is 7.75. The summed E-state index contributed by atoms with van der Waals surface area (Å²) in [6.45, 7) is 2.44. The lowest BCUT2D eigenvalue weighted by Gasteiger charge is -2.30. The highest BCUT2D eigenvalue weighted by Crippen LogP contribution is 2.28. The molecule has 1 aliphatic heterocycles. The Kier molecular flexibility index (Phi) is 4.80. The van der Waals surface area contributed by atoms with Crippen LogP contribution in [-0.4, -0.2) is 52.6 Å². The molecule has 0 saturated carbocycles. The van der Waals surface area contributed by atoms with Crippen molar-refractivity contribution in [2.75, 3.05) is 13.1 Å². The number of likely N-dealkylation sites (tertiary alicyclic amines) is 1. The van der Waals surface area contributed by atoms with Crippen LogP contribution in [0.15, 0.2) is 53.7 Å². The maximum atomic E-state index is 12.2. The number of nitrogens with zero attached hydrogens (tertiary/aromatic N) is 8. The summed E-state index contributed by atoms with van der Waals surface area (Å²) >= 11 is 0. The molecular formula is C21H22N8O. The standard InChI is InChI=1S/C21H22N8O/c1-27-21(30)17(6-10-23-27)14-28-11-7-15(8-12-28)20-25-24-19-5-4-18(26-29(19)20)16-3-2-9-22-13-16/h2-6,9-10,13,15H,7-8,11-12,14H2,1H3. The van der Waals surface area contributed by atoms with Crippen molar-refractivity contribution in [1.29, 1.82) is 0 Å². The van der Waals surface area contributed by atoms with Gasteiger partial charge in [0.1, 0.15) is 0 Å². The molecule has 4 aromatic heterocycles. The number of hydrogen-bond acceptors (Lipinski definition) is 7. The van der Waals surface area contributed by atoms with E-state index in [2.05, 4.69) is 25.2 Å². The third-order valence-electron chi connectivity index (χ3n) is 5.68. The molecule has 4 aromatic rings. The van der Waals surface area contributed by atoms with Crippen LogP contribution in [0.4, 0.5) is 0 Å². The zero-order valence-corrected chi connectivity index (χ0v) is 16.7. The van der Waals surface area contributed by atoms with E-state index < -0.39 is 0 Å². The smallest absolute Gasteiger partial charge is 0.270 e. The molecule has 1 fully saturated rings. The Labute approximate surface area is 173 Å². The highest BCUT2D eigenvalue weighted by molar-refractivity contribution is 5.58. The van der Waals surface area contributed by atoms with E-state index in [-0.39, 0.29) is 11.5 Å². The van der Waals surface area contributed by atoms with Gasteiger partial charge >= 0.3 is 0 Å². The van der Waals surface area contributed by atoms with Crippen LogP contribution in [0.3, 0.4) is 0 Å². The lowest BCUT2D eigenvalue weighted by atomic mass is 9.96. The predicted octanol–water partition coefficient (Wildman–Crippen LogP) is 1.66. The Balaban J connectivity index is 1.33. The average molecular weight is 402 g/mol. The van der Waals surface area contributed by atoms with Gasteiger partial charge in [0.15, 0.2) is 11.5 Å². The van der Waals surface area contributed by atoms with Crippen LogP contribution < -0.4 is 5.56 Å². The number of piperidine rings is 1. The van der Waals surface area contributed by atoms with Crippen LogP contribution in [0.2, 0.25) is 0 Å². The highest BCUT2D eigenvalue weighted by Gasteiger charge is 2.25. The number of aromatic nitrogens is 7. The first-order valence-corrected chi connectivity index (χ1v) is 10.1. The van der Waals surface area contributed by atoms with Crippen LogP contribution in [0.1, 0.15) is 30.1 Å². The summed E-state index contributed by atoms with van der Waals surface area (Å²) < 4.78 is 3.25. The van der Waals surface area contributed by atoms with E-state index in [9.17, 15) is 4.79 Å². The first kappa shape index (κ1) is 18.6. The molecule has 0 bridgehead atoms. The normalized spacial score (nSPS) is 15.6. The van der Waals surface area contributed by atoms with Gasteiger partial charge in [-0.1, -0.05) is 0 Å². The van der Waals surface area contributed by atoms with Crippen LogP contribution in [0, 0.1) is 0 Å². The maximum Gasteiger partial charge on any atom is 0.270 e.